The minimum atomic E-state index is -0.589. The number of nitrogens with one attached hydrogen (secondary N) is 2. The highest BCUT2D eigenvalue weighted by Crippen LogP contribution is 2.28. The first kappa shape index (κ1) is 16.0. The van der Waals surface area contributed by atoms with Crippen molar-refractivity contribution in [3.63, 3.8) is 0 Å². The molecule has 0 aromatic rings. The van der Waals surface area contributed by atoms with Gasteiger partial charge in [0.25, 0.3) is 0 Å². The van der Waals surface area contributed by atoms with E-state index in [9.17, 15) is 9.59 Å². The molecule has 0 saturated heterocycles. The van der Waals surface area contributed by atoms with E-state index in [4.69, 9.17) is 5.73 Å². The summed E-state index contributed by atoms with van der Waals surface area (Å²) in [5.74, 6) is 0.444. The molecule has 3 unspecified atom stereocenters. The van der Waals surface area contributed by atoms with Crippen LogP contribution in [0.15, 0.2) is 0 Å². The number of nitrogens with two attached hydrogens (primary N) is 1. The van der Waals surface area contributed by atoms with E-state index in [0.29, 0.717) is 12.5 Å². The molecule has 4 N–H and O–H groups in total. The molecule has 3 atom stereocenters. The fourth-order valence-electron chi connectivity index (χ4n) is 2.47. The summed E-state index contributed by atoms with van der Waals surface area (Å²) < 4.78 is 0. The maximum atomic E-state index is 12.1. The molecule has 0 aromatic heterocycles. The van der Waals surface area contributed by atoms with Crippen LogP contribution >= 0.6 is 0 Å². The van der Waals surface area contributed by atoms with Crippen molar-refractivity contribution in [1.29, 1.82) is 0 Å². The van der Waals surface area contributed by atoms with Crippen molar-refractivity contribution in [3.8, 4) is 0 Å². The van der Waals surface area contributed by atoms with Crippen molar-refractivity contribution in [3.05, 3.63) is 0 Å². The molecule has 5 heteroatoms. The molecule has 19 heavy (non-hydrogen) atoms. The highest BCUT2D eigenvalue weighted by atomic mass is 16.2. The molecule has 2 amide bonds. The van der Waals surface area contributed by atoms with Gasteiger partial charge in [0.2, 0.25) is 11.8 Å². The predicted octanol–water partition coefficient (Wildman–Crippen LogP) is 0.638. The number of hydrogen-bond donors (Lipinski definition) is 3. The molecule has 0 bridgehead atoms. The summed E-state index contributed by atoms with van der Waals surface area (Å²) in [6, 6.07) is 0.108. The monoisotopic (exact) mass is 269 g/mol. The standard InChI is InChI=1S/C14H27N3O2/c1-9-5-6-10(7-11(9)15)12(18)17-8-14(2,3)13(19)16-4/h9-11H,5-8,15H2,1-4H3,(H,16,19)(H,17,18). The topological polar surface area (TPSA) is 84.2 Å². The average Bonchev–Trinajstić information content (AvgIpc) is 2.38. The lowest BCUT2D eigenvalue weighted by molar-refractivity contribution is -0.130. The Bertz CT molecular complexity index is 342. The van der Waals surface area contributed by atoms with E-state index in [1.165, 1.54) is 0 Å². The highest BCUT2D eigenvalue weighted by Gasteiger charge is 2.32. The second kappa shape index (κ2) is 6.37. The average molecular weight is 269 g/mol. The Balaban J connectivity index is 2.46. The normalized spacial score (nSPS) is 27.7. The van der Waals surface area contributed by atoms with Crippen LogP contribution in [0.3, 0.4) is 0 Å². The maximum absolute atomic E-state index is 12.1. The van der Waals surface area contributed by atoms with Crippen LogP contribution in [0, 0.1) is 17.3 Å². The van der Waals surface area contributed by atoms with E-state index in [1.54, 1.807) is 7.05 Å². The Morgan fingerprint density at radius 3 is 2.47 bits per heavy atom. The largest absolute Gasteiger partial charge is 0.359 e. The van der Waals surface area contributed by atoms with Gasteiger partial charge in [-0.25, -0.2) is 0 Å². The Kier molecular flexibility index (Phi) is 5.35. The second-order valence-corrected chi connectivity index (χ2v) is 6.33. The van der Waals surface area contributed by atoms with E-state index in [0.717, 1.165) is 19.3 Å². The zero-order chi connectivity index (χ0) is 14.6. The molecule has 1 saturated carbocycles. The predicted molar refractivity (Wildman–Crippen MR) is 75.3 cm³/mol. The van der Waals surface area contributed by atoms with Crippen LogP contribution in [-0.2, 0) is 9.59 Å². The molecule has 0 aromatic carbocycles. The van der Waals surface area contributed by atoms with E-state index in [1.807, 2.05) is 13.8 Å². The molecule has 0 radical (unpaired) electrons. The minimum Gasteiger partial charge on any atom is -0.359 e. The van der Waals surface area contributed by atoms with Crippen molar-refractivity contribution in [2.24, 2.45) is 23.0 Å². The van der Waals surface area contributed by atoms with Crippen LogP contribution in [-0.4, -0.2) is 31.4 Å². The van der Waals surface area contributed by atoms with Gasteiger partial charge in [0.1, 0.15) is 0 Å². The second-order valence-electron chi connectivity index (χ2n) is 6.33. The van der Waals surface area contributed by atoms with Crippen LogP contribution in [0.5, 0.6) is 0 Å². The third-order valence-corrected chi connectivity index (χ3v) is 4.18. The summed E-state index contributed by atoms with van der Waals surface area (Å²) in [5, 5.41) is 5.50. The van der Waals surface area contributed by atoms with E-state index in [2.05, 4.69) is 17.6 Å². The molecule has 1 aliphatic rings. The maximum Gasteiger partial charge on any atom is 0.227 e. The minimum absolute atomic E-state index is 0.00770. The van der Waals surface area contributed by atoms with Crippen LogP contribution < -0.4 is 16.4 Å². The van der Waals surface area contributed by atoms with Gasteiger partial charge in [-0.3, -0.25) is 9.59 Å². The first-order chi connectivity index (χ1) is 8.77. The van der Waals surface area contributed by atoms with Gasteiger partial charge in [-0.2, -0.15) is 0 Å². The highest BCUT2D eigenvalue weighted by molar-refractivity contribution is 5.83. The van der Waals surface area contributed by atoms with Crippen LogP contribution in [0.2, 0.25) is 0 Å². The summed E-state index contributed by atoms with van der Waals surface area (Å²) in [6.07, 6.45) is 2.63. The number of hydrogen-bond acceptors (Lipinski definition) is 3. The molecule has 110 valence electrons. The van der Waals surface area contributed by atoms with Crippen molar-refractivity contribution >= 4 is 11.8 Å². The van der Waals surface area contributed by atoms with Gasteiger partial charge in [0, 0.05) is 25.6 Å². The lowest BCUT2D eigenvalue weighted by atomic mass is 9.79. The molecular formula is C14H27N3O2. The summed E-state index contributed by atoms with van der Waals surface area (Å²) in [6.45, 7) is 6.13. The zero-order valence-corrected chi connectivity index (χ0v) is 12.5. The van der Waals surface area contributed by atoms with Gasteiger partial charge in [-0.1, -0.05) is 6.92 Å². The fraction of sp³-hybridized carbons (Fsp3) is 0.857. The van der Waals surface area contributed by atoms with E-state index >= 15 is 0 Å². The summed E-state index contributed by atoms with van der Waals surface area (Å²) in [4.78, 5) is 23.7. The first-order valence-electron chi connectivity index (χ1n) is 7.03. The molecule has 1 rings (SSSR count). The Labute approximate surface area is 115 Å². The van der Waals surface area contributed by atoms with Gasteiger partial charge in [-0.15, -0.1) is 0 Å². The van der Waals surface area contributed by atoms with Gasteiger partial charge >= 0.3 is 0 Å². The van der Waals surface area contributed by atoms with Gasteiger partial charge in [0.15, 0.2) is 0 Å². The molecule has 1 aliphatic carbocycles. The first-order valence-corrected chi connectivity index (χ1v) is 7.03. The van der Waals surface area contributed by atoms with Gasteiger partial charge in [-0.05, 0) is 39.0 Å². The van der Waals surface area contributed by atoms with Gasteiger partial charge in [0.05, 0.1) is 5.41 Å². The summed E-state index contributed by atoms with van der Waals surface area (Å²) in [7, 11) is 1.60. The van der Waals surface area contributed by atoms with Crippen molar-refractivity contribution < 1.29 is 9.59 Å². The Morgan fingerprint density at radius 2 is 1.95 bits per heavy atom. The smallest absolute Gasteiger partial charge is 0.227 e. The number of carbonyl (C=O) groups excluding carboxylic acids is 2. The SMILES string of the molecule is CNC(=O)C(C)(C)CNC(=O)C1CCC(C)C(N)C1. The summed E-state index contributed by atoms with van der Waals surface area (Å²) >= 11 is 0. The van der Waals surface area contributed by atoms with Gasteiger partial charge < -0.3 is 16.4 Å². The summed E-state index contributed by atoms with van der Waals surface area (Å²) in [5.41, 5.74) is 5.43. The van der Waals surface area contributed by atoms with Crippen LogP contribution in [0.4, 0.5) is 0 Å². The molecule has 5 nitrogen and oxygen atoms in total. The lowest BCUT2D eigenvalue weighted by Gasteiger charge is -2.32. The molecular weight excluding hydrogens is 242 g/mol. The number of rotatable bonds is 4. The zero-order valence-electron chi connectivity index (χ0n) is 12.5. The van der Waals surface area contributed by atoms with Crippen LogP contribution in [0.25, 0.3) is 0 Å². The Hall–Kier alpha value is -1.10. The quantitative estimate of drug-likeness (QED) is 0.700. The van der Waals surface area contributed by atoms with Crippen molar-refractivity contribution in [1.82, 2.24) is 10.6 Å². The van der Waals surface area contributed by atoms with Crippen molar-refractivity contribution in [2.75, 3.05) is 13.6 Å². The molecule has 0 spiro atoms. The number of carbonyl (C=O) groups is 2. The fourth-order valence-corrected chi connectivity index (χ4v) is 2.47. The third kappa shape index (κ3) is 4.20. The van der Waals surface area contributed by atoms with E-state index < -0.39 is 5.41 Å². The molecule has 0 aliphatic heterocycles. The number of amides is 2. The molecule has 0 heterocycles. The lowest BCUT2D eigenvalue weighted by Crippen LogP contribution is -2.47. The van der Waals surface area contributed by atoms with Crippen LogP contribution in [0.1, 0.15) is 40.0 Å². The van der Waals surface area contributed by atoms with E-state index in [-0.39, 0.29) is 23.8 Å². The Morgan fingerprint density at radius 1 is 1.32 bits per heavy atom. The molecule has 1 fully saturated rings. The van der Waals surface area contributed by atoms with Crippen molar-refractivity contribution in [2.45, 2.75) is 46.1 Å². The third-order valence-electron chi connectivity index (χ3n) is 4.18.